The first kappa shape index (κ1) is 29.0. The molecule has 39 heavy (non-hydrogen) atoms. The fourth-order valence-electron chi connectivity index (χ4n) is 3.98. The van der Waals surface area contributed by atoms with Gasteiger partial charge in [0.05, 0.1) is 18.6 Å². The van der Waals surface area contributed by atoms with Gasteiger partial charge in [-0.15, -0.1) is 22.7 Å². The Hall–Kier alpha value is -3.03. The fourth-order valence-corrected chi connectivity index (χ4v) is 6.98. The summed E-state index contributed by atoms with van der Waals surface area (Å²) in [6.45, 7) is -0.799. The van der Waals surface area contributed by atoms with Gasteiger partial charge < -0.3 is 10.4 Å². The summed E-state index contributed by atoms with van der Waals surface area (Å²) in [5.74, 6) is -4.86. The quantitative estimate of drug-likeness (QED) is 0.232. The van der Waals surface area contributed by atoms with E-state index in [2.05, 4.69) is 5.32 Å². The van der Waals surface area contributed by atoms with Crippen molar-refractivity contribution >= 4 is 38.6 Å². The zero-order valence-electron chi connectivity index (χ0n) is 20.5. The van der Waals surface area contributed by atoms with Gasteiger partial charge in [0, 0.05) is 28.9 Å². The molecule has 12 heteroatoms. The lowest BCUT2D eigenvalue weighted by atomic mass is 10.0. The average molecular weight is 595 g/mol. The highest BCUT2D eigenvalue weighted by Gasteiger charge is 2.33. The Balaban J connectivity index is 1.63. The van der Waals surface area contributed by atoms with Crippen molar-refractivity contribution in [1.82, 2.24) is 9.62 Å². The Morgan fingerprint density at radius 2 is 1.54 bits per heavy atom. The second kappa shape index (κ2) is 12.9. The monoisotopic (exact) mass is 594 g/mol. The molecule has 2 aromatic carbocycles. The van der Waals surface area contributed by atoms with Crippen molar-refractivity contribution in [1.29, 1.82) is 0 Å². The van der Waals surface area contributed by atoms with Gasteiger partial charge in [-0.05, 0) is 40.9 Å². The number of nitrogens with zero attached hydrogens (tertiary/aromatic N) is 1. The van der Waals surface area contributed by atoms with Crippen LogP contribution in [-0.4, -0.2) is 42.4 Å². The van der Waals surface area contributed by atoms with Crippen molar-refractivity contribution in [3.05, 3.63) is 110 Å². The van der Waals surface area contributed by atoms with Gasteiger partial charge in [-0.25, -0.2) is 21.6 Å². The van der Waals surface area contributed by atoms with Gasteiger partial charge in [-0.3, -0.25) is 4.79 Å². The molecule has 0 aliphatic heterocycles. The second-order valence-corrected chi connectivity index (χ2v) is 12.7. The summed E-state index contributed by atoms with van der Waals surface area (Å²) in [5, 5.41) is 17.6. The van der Waals surface area contributed by atoms with Gasteiger partial charge in [0.2, 0.25) is 15.9 Å². The maximum Gasteiger partial charge on any atom is 0.246 e. The van der Waals surface area contributed by atoms with E-state index in [0.29, 0.717) is 4.88 Å². The van der Waals surface area contributed by atoms with Crippen LogP contribution in [0, 0.1) is 17.5 Å². The number of amides is 1. The summed E-state index contributed by atoms with van der Waals surface area (Å²) in [6.07, 6.45) is -1.17. The predicted octanol–water partition coefficient (Wildman–Crippen LogP) is 4.75. The summed E-state index contributed by atoms with van der Waals surface area (Å²) in [7, 11) is -4.73. The number of hydrogen-bond acceptors (Lipinski definition) is 6. The molecule has 2 atom stereocenters. The lowest BCUT2D eigenvalue weighted by molar-refractivity contribution is -0.122. The standard InChI is InChI=1S/C27H25F3N2O4S3/c28-21-14-23(30)26(15-22(21)29)39(35,36)32(16-20-9-5-11-38-20)17-25(33)24(12-18-6-2-1-3-7-18)31-27(34)13-19-8-4-10-37-19/h1-11,14-15,24-25,33H,12-13,16-17H2,(H,31,34)/t24-,25+/m0/s1. The Kier molecular flexibility index (Phi) is 9.57. The van der Waals surface area contributed by atoms with E-state index in [0.717, 1.165) is 14.7 Å². The Morgan fingerprint density at radius 3 is 2.18 bits per heavy atom. The second-order valence-electron chi connectivity index (χ2n) is 8.76. The zero-order valence-corrected chi connectivity index (χ0v) is 22.9. The van der Waals surface area contributed by atoms with Gasteiger partial charge in [0.25, 0.3) is 0 Å². The van der Waals surface area contributed by atoms with Crippen LogP contribution in [0.5, 0.6) is 0 Å². The Bertz CT molecular complexity index is 1480. The third kappa shape index (κ3) is 7.55. The number of aliphatic hydroxyl groups is 1. The first-order chi connectivity index (χ1) is 18.6. The maximum atomic E-state index is 14.6. The van der Waals surface area contributed by atoms with Crippen LogP contribution in [-0.2, 0) is 34.2 Å². The molecule has 0 saturated carbocycles. The van der Waals surface area contributed by atoms with Crippen LogP contribution in [0.15, 0.2) is 82.4 Å². The molecule has 0 bridgehead atoms. The van der Waals surface area contributed by atoms with Crippen LogP contribution in [0.1, 0.15) is 15.3 Å². The third-order valence-corrected chi connectivity index (χ3v) is 9.48. The van der Waals surface area contributed by atoms with E-state index in [9.17, 15) is 31.5 Å². The van der Waals surface area contributed by atoms with Crippen molar-refractivity contribution in [3.63, 3.8) is 0 Å². The van der Waals surface area contributed by atoms with Gasteiger partial charge in [-0.1, -0.05) is 42.5 Å². The lowest BCUT2D eigenvalue weighted by Crippen LogP contribution is -2.50. The number of rotatable bonds is 12. The summed E-state index contributed by atoms with van der Waals surface area (Å²) in [5.41, 5.74) is 0.789. The molecule has 206 valence electrons. The van der Waals surface area contributed by atoms with E-state index < -0.39 is 51.1 Å². The van der Waals surface area contributed by atoms with Crippen LogP contribution in [0.4, 0.5) is 13.2 Å². The molecular formula is C27H25F3N2O4S3. The third-order valence-electron chi connectivity index (χ3n) is 5.92. The average Bonchev–Trinajstić information content (AvgIpc) is 3.60. The lowest BCUT2D eigenvalue weighted by Gasteiger charge is -2.30. The summed E-state index contributed by atoms with van der Waals surface area (Å²) in [4.78, 5) is 13.2. The summed E-state index contributed by atoms with van der Waals surface area (Å²) < 4.78 is 69.9. The van der Waals surface area contributed by atoms with Crippen LogP contribution in [0.25, 0.3) is 0 Å². The first-order valence-electron chi connectivity index (χ1n) is 11.8. The van der Waals surface area contributed by atoms with Crippen molar-refractivity contribution < 1.29 is 31.5 Å². The number of aliphatic hydroxyl groups excluding tert-OH is 1. The SMILES string of the molecule is O=C(Cc1cccs1)N[C@@H](Cc1ccccc1)[C@H](O)CN(Cc1cccs1)S(=O)(=O)c1cc(F)c(F)cc1F. The number of benzene rings is 2. The molecule has 2 heterocycles. The van der Waals surface area contributed by atoms with Gasteiger partial charge in [-0.2, -0.15) is 4.31 Å². The molecule has 0 fully saturated rings. The van der Waals surface area contributed by atoms with Crippen molar-refractivity contribution in [3.8, 4) is 0 Å². The normalized spacial score (nSPS) is 13.4. The van der Waals surface area contributed by atoms with E-state index in [1.54, 1.807) is 35.7 Å². The van der Waals surface area contributed by atoms with Gasteiger partial charge >= 0.3 is 0 Å². The molecule has 2 aromatic heterocycles. The number of carbonyl (C=O) groups is 1. The largest absolute Gasteiger partial charge is 0.390 e. The predicted molar refractivity (Wildman–Crippen MR) is 144 cm³/mol. The Labute approximate surface area is 232 Å². The molecule has 0 saturated heterocycles. The topological polar surface area (TPSA) is 86.7 Å². The van der Waals surface area contributed by atoms with Crippen molar-refractivity contribution in [2.24, 2.45) is 0 Å². The minimum absolute atomic E-state index is 0.0763. The van der Waals surface area contributed by atoms with Crippen molar-refractivity contribution in [2.75, 3.05) is 6.54 Å². The molecular weight excluding hydrogens is 570 g/mol. The van der Waals surface area contributed by atoms with E-state index in [1.165, 1.54) is 22.7 Å². The smallest absolute Gasteiger partial charge is 0.246 e. The molecule has 0 aliphatic rings. The number of halogens is 3. The van der Waals surface area contributed by atoms with Gasteiger partial charge in [0.1, 0.15) is 10.7 Å². The molecule has 0 aliphatic carbocycles. The van der Waals surface area contributed by atoms with E-state index in [4.69, 9.17) is 0 Å². The highest BCUT2D eigenvalue weighted by atomic mass is 32.2. The summed E-state index contributed by atoms with van der Waals surface area (Å²) >= 11 is 2.64. The fraction of sp³-hybridized carbons (Fsp3) is 0.222. The highest BCUT2D eigenvalue weighted by Crippen LogP contribution is 2.26. The number of sulfonamides is 1. The zero-order chi connectivity index (χ0) is 28.0. The molecule has 6 nitrogen and oxygen atoms in total. The molecule has 4 aromatic rings. The number of hydrogen-bond donors (Lipinski definition) is 2. The number of thiophene rings is 2. The van der Waals surface area contributed by atoms with E-state index >= 15 is 0 Å². The van der Waals surface area contributed by atoms with Crippen LogP contribution in [0.2, 0.25) is 0 Å². The molecule has 0 spiro atoms. The van der Waals surface area contributed by atoms with Crippen LogP contribution < -0.4 is 5.32 Å². The number of nitrogens with one attached hydrogen (secondary N) is 1. The van der Waals surface area contributed by atoms with E-state index in [-0.39, 0.29) is 37.4 Å². The van der Waals surface area contributed by atoms with Crippen molar-refractivity contribution in [2.45, 2.75) is 36.4 Å². The molecule has 2 N–H and O–H groups in total. The minimum atomic E-state index is -4.73. The number of carbonyl (C=O) groups excluding carboxylic acids is 1. The Morgan fingerprint density at radius 1 is 0.897 bits per heavy atom. The highest BCUT2D eigenvalue weighted by molar-refractivity contribution is 7.89. The molecule has 0 unspecified atom stereocenters. The van der Waals surface area contributed by atoms with Crippen LogP contribution >= 0.6 is 22.7 Å². The maximum absolute atomic E-state index is 14.6. The molecule has 4 rings (SSSR count). The first-order valence-corrected chi connectivity index (χ1v) is 15.0. The summed E-state index contributed by atoms with van der Waals surface area (Å²) in [6, 6.07) is 15.6. The van der Waals surface area contributed by atoms with Crippen LogP contribution in [0.3, 0.4) is 0 Å². The minimum Gasteiger partial charge on any atom is -0.390 e. The molecule has 1 amide bonds. The molecule has 0 radical (unpaired) electrons. The van der Waals surface area contributed by atoms with Gasteiger partial charge in [0.15, 0.2) is 11.6 Å². The van der Waals surface area contributed by atoms with E-state index in [1.807, 2.05) is 29.6 Å².